The van der Waals surface area contributed by atoms with E-state index in [1.165, 1.54) is 89.9 Å². The normalized spacial score (nSPS) is 13.2. The molecule has 0 atom stereocenters. The zero-order chi connectivity index (χ0) is 19.9. The van der Waals surface area contributed by atoms with Crippen molar-refractivity contribution in [3.05, 3.63) is 0 Å². The molecule has 0 amide bonds. The molecule has 0 radical (unpaired) electrons. The smallest absolute Gasteiger partial charge is 0.0533 e. The SMILES string of the molecule is C.C1CCCC1.C1CCCCC1.CC.CC.CCC.CCC.CCC. The summed E-state index contributed by atoms with van der Waals surface area (Å²) in [6.45, 7) is 20.8. The minimum atomic E-state index is 0. The van der Waals surface area contributed by atoms with Gasteiger partial charge >= 0.3 is 0 Å². The first-order valence-corrected chi connectivity index (χ1v) is 11.7. The fraction of sp³-hybridized carbons (Fsp3) is 1.00. The van der Waals surface area contributed by atoms with Gasteiger partial charge in [0, 0.05) is 0 Å². The molecular formula is C25H62. The quantitative estimate of drug-likeness (QED) is 0.402. The molecule has 2 aliphatic rings. The van der Waals surface area contributed by atoms with Crippen molar-refractivity contribution in [1.29, 1.82) is 0 Å². The number of rotatable bonds is 0. The van der Waals surface area contributed by atoms with Crippen molar-refractivity contribution in [1.82, 2.24) is 0 Å². The fourth-order valence-electron chi connectivity index (χ4n) is 1.94. The minimum absolute atomic E-state index is 0. The molecule has 0 nitrogen and oxygen atoms in total. The highest BCUT2D eigenvalue weighted by molar-refractivity contribution is 4.51. The van der Waals surface area contributed by atoms with Gasteiger partial charge in [0.1, 0.15) is 0 Å². The highest BCUT2D eigenvalue weighted by atomic mass is 14.0. The van der Waals surface area contributed by atoms with Crippen LogP contribution in [0.2, 0.25) is 0 Å². The van der Waals surface area contributed by atoms with Crippen LogP contribution in [0.3, 0.4) is 0 Å². The maximum absolute atomic E-state index is 2.12. The third kappa shape index (κ3) is 96.0. The van der Waals surface area contributed by atoms with Crippen molar-refractivity contribution < 1.29 is 0 Å². The Balaban J connectivity index is -0.0000000440. The second-order valence-corrected chi connectivity index (χ2v) is 6.01. The first kappa shape index (κ1) is 39.9. The Morgan fingerprint density at radius 3 is 0.400 bits per heavy atom. The van der Waals surface area contributed by atoms with E-state index in [9.17, 15) is 0 Å². The van der Waals surface area contributed by atoms with Gasteiger partial charge in [-0.25, -0.2) is 0 Å². The lowest BCUT2D eigenvalue weighted by Crippen LogP contribution is -1.85. The highest BCUT2D eigenvalue weighted by Crippen LogP contribution is 2.15. The molecule has 0 saturated heterocycles. The molecule has 0 unspecified atom stereocenters. The zero-order valence-electron chi connectivity index (χ0n) is 19.9. The second-order valence-electron chi connectivity index (χ2n) is 6.01. The van der Waals surface area contributed by atoms with Gasteiger partial charge in [-0.15, -0.1) is 0 Å². The first-order chi connectivity index (χ1) is 11.7. The Morgan fingerprint density at radius 1 is 0.320 bits per heavy atom. The lowest BCUT2D eigenvalue weighted by molar-refractivity contribution is 0.504. The van der Waals surface area contributed by atoms with Gasteiger partial charge in [-0.05, 0) is 0 Å². The maximum atomic E-state index is 2.12. The monoisotopic (exact) mass is 362 g/mol. The van der Waals surface area contributed by atoms with Crippen LogP contribution in [0.25, 0.3) is 0 Å². The van der Waals surface area contributed by atoms with E-state index >= 15 is 0 Å². The van der Waals surface area contributed by atoms with Crippen LogP contribution in [0.4, 0.5) is 0 Å². The van der Waals surface area contributed by atoms with Crippen LogP contribution in [0.5, 0.6) is 0 Å². The van der Waals surface area contributed by atoms with E-state index in [0.717, 1.165) is 0 Å². The van der Waals surface area contributed by atoms with E-state index < -0.39 is 0 Å². The van der Waals surface area contributed by atoms with Crippen molar-refractivity contribution in [2.45, 2.75) is 167 Å². The summed E-state index contributed by atoms with van der Waals surface area (Å²) >= 11 is 0. The summed E-state index contributed by atoms with van der Waals surface area (Å²) < 4.78 is 0. The molecule has 25 heavy (non-hydrogen) atoms. The lowest BCUT2D eigenvalue weighted by atomic mass is 10.0. The average Bonchev–Trinajstić information content (AvgIpc) is 3.22. The molecule has 0 heteroatoms. The fourth-order valence-corrected chi connectivity index (χ4v) is 1.94. The van der Waals surface area contributed by atoms with Crippen LogP contribution < -0.4 is 0 Å². The lowest BCUT2D eigenvalue weighted by Gasteiger charge is -2.05. The molecule has 162 valence electrons. The predicted octanol–water partition coefficient (Wildman–Crippen LogP) is 11.2. The molecule has 2 aliphatic carbocycles. The zero-order valence-corrected chi connectivity index (χ0v) is 19.9. The summed E-state index contributed by atoms with van der Waals surface area (Å²) in [4.78, 5) is 0. The predicted molar refractivity (Wildman–Crippen MR) is 128 cm³/mol. The summed E-state index contributed by atoms with van der Waals surface area (Å²) in [5.74, 6) is 0. The van der Waals surface area contributed by atoms with Crippen molar-refractivity contribution in [3.63, 3.8) is 0 Å². The summed E-state index contributed by atoms with van der Waals surface area (Å²) in [6.07, 6.45) is 20.2. The highest BCUT2D eigenvalue weighted by Gasteiger charge is 1.95. The Kier molecular flexibility index (Phi) is 103. The van der Waals surface area contributed by atoms with Crippen molar-refractivity contribution in [2.75, 3.05) is 0 Å². The van der Waals surface area contributed by atoms with Crippen molar-refractivity contribution in [2.24, 2.45) is 0 Å². The van der Waals surface area contributed by atoms with Gasteiger partial charge in [0.2, 0.25) is 0 Å². The number of hydrogen-bond donors (Lipinski definition) is 0. The van der Waals surface area contributed by atoms with Crippen LogP contribution >= 0.6 is 0 Å². The topological polar surface area (TPSA) is 0 Å². The minimum Gasteiger partial charge on any atom is -0.0776 e. The molecule has 0 aromatic rings. The van der Waals surface area contributed by atoms with Gasteiger partial charge < -0.3 is 0 Å². The van der Waals surface area contributed by atoms with Crippen molar-refractivity contribution >= 4 is 0 Å². The van der Waals surface area contributed by atoms with E-state index in [4.69, 9.17) is 0 Å². The summed E-state index contributed by atoms with van der Waals surface area (Å²) in [5.41, 5.74) is 0. The Labute approximate surface area is 167 Å². The molecular weight excluding hydrogens is 300 g/mol. The van der Waals surface area contributed by atoms with Crippen LogP contribution in [-0.4, -0.2) is 0 Å². The Hall–Kier alpha value is 0. The second kappa shape index (κ2) is 64.8. The molecule has 0 spiro atoms. The number of hydrogen-bond acceptors (Lipinski definition) is 0. The molecule has 0 aromatic heterocycles. The molecule has 0 bridgehead atoms. The average molecular weight is 363 g/mol. The van der Waals surface area contributed by atoms with E-state index in [1.807, 2.05) is 27.7 Å². The van der Waals surface area contributed by atoms with Crippen LogP contribution in [0.1, 0.15) is 167 Å². The molecule has 0 aliphatic heterocycles. The molecule has 0 N–H and O–H groups in total. The summed E-state index contributed by atoms with van der Waals surface area (Å²) in [6, 6.07) is 0. The summed E-state index contributed by atoms with van der Waals surface area (Å²) in [5, 5.41) is 0. The van der Waals surface area contributed by atoms with Gasteiger partial charge in [0.25, 0.3) is 0 Å². The summed E-state index contributed by atoms with van der Waals surface area (Å²) in [7, 11) is 0. The Bertz CT molecular complexity index is 74.7. The van der Waals surface area contributed by atoms with E-state index in [0.29, 0.717) is 0 Å². The van der Waals surface area contributed by atoms with E-state index in [-0.39, 0.29) is 7.43 Å². The van der Waals surface area contributed by atoms with E-state index in [1.54, 1.807) is 0 Å². The first-order valence-electron chi connectivity index (χ1n) is 11.7. The Morgan fingerprint density at radius 2 is 0.360 bits per heavy atom. The molecule has 2 fully saturated rings. The van der Waals surface area contributed by atoms with Crippen LogP contribution in [0.15, 0.2) is 0 Å². The molecule has 2 rings (SSSR count). The third-order valence-corrected chi connectivity index (χ3v) is 2.75. The molecule has 2 saturated carbocycles. The van der Waals surface area contributed by atoms with Crippen LogP contribution in [0, 0.1) is 0 Å². The van der Waals surface area contributed by atoms with Crippen LogP contribution in [-0.2, 0) is 0 Å². The van der Waals surface area contributed by atoms with E-state index in [2.05, 4.69) is 41.5 Å². The van der Waals surface area contributed by atoms with Gasteiger partial charge in [0.15, 0.2) is 0 Å². The largest absolute Gasteiger partial charge is 0.0776 e. The maximum Gasteiger partial charge on any atom is -0.0533 e. The molecule has 0 heterocycles. The standard InChI is InChI=1S/C6H12.C5H10.3C3H8.2C2H6.CH4/c1-2-4-6-5-3-1;1-2-4-5-3-1;3*1-3-2;2*1-2;/h1-6H2;1-5H2;3*3H2,1-2H3;2*1-2H3;1H4. The van der Waals surface area contributed by atoms with Gasteiger partial charge in [-0.2, -0.15) is 0 Å². The van der Waals surface area contributed by atoms with Crippen molar-refractivity contribution in [3.8, 4) is 0 Å². The van der Waals surface area contributed by atoms with Gasteiger partial charge in [0.05, 0.1) is 0 Å². The molecule has 0 aromatic carbocycles. The van der Waals surface area contributed by atoms with Gasteiger partial charge in [-0.1, -0.05) is 167 Å². The van der Waals surface area contributed by atoms with Gasteiger partial charge in [-0.3, -0.25) is 0 Å². The third-order valence-electron chi connectivity index (χ3n) is 2.75.